The molecule has 0 bridgehead atoms. The minimum absolute atomic E-state index is 0.0236. The summed E-state index contributed by atoms with van der Waals surface area (Å²) in [6, 6.07) is 6.54. The van der Waals surface area contributed by atoms with Gasteiger partial charge in [0.2, 0.25) is 5.95 Å². The number of rotatable bonds is 11. The van der Waals surface area contributed by atoms with Crippen LogP contribution >= 0.6 is 7.75 Å². The number of hydrogen-bond donors (Lipinski definition) is 3. The number of hydrogen-bond acceptors (Lipinski definition) is 12. The number of benzene rings is 1. The van der Waals surface area contributed by atoms with Crippen molar-refractivity contribution >= 4 is 36.6 Å². The van der Waals surface area contributed by atoms with Crippen LogP contribution in [0.15, 0.2) is 36.7 Å². The van der Waals surface area contributed by atoms with E-state index in [9.17, 15) is 14.5 Å². The fraction of sp³-hybridized carbons (Fsp3) is 0.500. The first-order valence-corrected chi connectivity index (χ1v) is 14.1. The summed E-state index contributed by atoms with van der Waals surface area (Å²) in [5, 5.41) is 13.1. The fourth-order valence-electron chi connectivity index (χ4n) is 4.21. The third-order valence-electron chi connectivity index (χ3n) is 6.22. The predicted molar refractivity (Wildman–Crippen MR) is 143 cm³/mol. The van der Waals surface area contributed by atoms with Crippen LogP contribution in [0.25, 0.3) is 11.2 Å². The summed E-state index contributed by atoms with van der Waals surface area (Å²) in [7, 11) is -1.17. The first-order chi connectivity index (χ1) is 19.2. The monoisotopic (exact) mass is 599 g/mol. The molecule has 0 unspecified atom stereocenters. The molecule has 1 saturated heterocycles. The number of para-hydroxylation sites is 1. The van der Waals surface area contributed by atoms with E-state index in [4.69, 9.17) is 24.3 Å². The second-order valence-electron chi connectivity index (χ2n) is 9.71. The Hall–Kier alpha value is -3.43. The van der Waals surface area contributed by atoms with Crippen LogP contribution in [0.4, 0.5) is 20.5 Å². The number of alkyl halides is 2. The van der Waals surface area contributed by atoms with Gasteiger partial charge in [-0.2, -0.15) is 15.1 Å². The second kappa shape index (κ2) is 11.4. The molecular formula is C24H32F2N7O7P. The number of nitrogens with two attached hydrogens (primary N) is 1. The molecule has 4 N–H and O–H groups in total. The van der Waals surface area contributed by atoms with Gasteiger partial charge in [0.1, 0.15) is 18.4 Å². The van der Waals surface area contributed by atoms with Crippen molar-refractivity contribution < 1.29 is 41.8 Å². The van der Waals surface area contributed by atoms with Gasteiger partial charge in [0, 0.05) is 14.1 Å². The molecule has 1 aliphatic rings. The number of anilines is 2. The molecule has 0 aliphatic carbocycles. The Kier molecular flexibility index (Phi) is 8.52. The van der Waals surface area contributed by atoms with Crippen LogP contribution in [-0.4, -0.2) is 81.6 Å². The number of esters is 1. The molecular weight excluding hydrogens is 567 g/mol. The quantitative estimate of drug-likeness (QED) is 0.217. The first kappa shape index (κ1) is 30.5. The van der Waals surface area contributed by atoms with Gasteiger partial charge in [-0.15, -0.1) is 0 Å². The van der Waals surface area contributed by atoms with Crippen molar-refractivity contribution in [2.75, 3.05) is 37.9 Å². The van der Waals surface area contributed by atoms with E-state index in [1.807, 2.05) is 0 Å². The summed E-state index contributed by atoms with van der Waals surface area (Å²) in [4.78, 5) is 26.2. The smallest absolute Gasteiger partial charge is 0.459 e. The van der Waals surface area contributed by atoms with Crippen LogP contribution in [0.1, 0.15) is 27.0 Å². The highest BCUT2D eigenvalue weighted by Crippen LogP contribution is 2.52. The van der Waals surface area contributed by atoms with Gasteiger partial charge in [-0.05, 0) is 32.9 Å². The highest BCUT2D eigenvalue weighted by molar-refractivity contribution is 7.52. The number of fused-ring (bicyclic) bond motifs is 1. The Morgan fingerprint density at radius 3 is 2.63 bits per heavy atom. The maximum absolute atomic E-state index is 16.2. The topological polar surface area (TPSA) is 176 Å². The van der Waals surface area contributed by atoms with Gasteiger partial charge >= 0.3 is 13.7 Å². The van der Waals surface area contributed by atoms with Crippen molar-refractivity contribution in [3.8, 4) is 5.75 Å². The molecule has 0 radical (unpaired) electrons. The normalized spacial score (nSPS) is 26.4. The molecule has 3 aromatic rings. The Morgan fingerprint density at radius 2 is 2.00 bits per heavy atom. The van der Waals surface area contributed by atoms with Gasteiger partial charge in [0.25, 0.3) is 5.85 Å². The molecule has 1 aromatic carbocycles. The zero-order chi connectivity index (χ0) is 30.2. The summed E-state index contributed by atoms with van der Waals surface area (Å²) < 4.78 is 68.0. The van der Waals surface area contributed by atoms with Crippen molar-refractivity contribution in [3.63, 3.8) is 0 Å². The molecule has 224 valence electrons. The van der Waals surface area contributed by atoms with E-state index in [-0.39, 0.29) is 29.5 Å². The number of aliphatic hydroxyl groups excluding tert-OH is 1. The van der Waals surface area contributed by atoms with E-state index in [2.05, 4.69) is 20.0 Å². The van der Waals surface area contributed by atoms with Crippen molar-refractivity contribution in [2.45, 2.75) is 50.7 Å². The van der Waals surface area contributed by atoms with E-state index >= 15 is 8.78 Å². The van der Waals surface area contributed by atoms with E-state index < -0.39 is 50.2 Å². The summed E-state index contributed by atoms with van der Waals surface area (Å²) in [6.07, 6.45) is -3.08. The molecule has 14 nitrogen and oxygen atoms in total. The minimum atomic E-state index is -4.55. The van der Waals surface area contributed by atoms with Gasteiger partial charge in [0.15, 0.2) is 35.0 Å². The van der Waals surface area contributed by atoms with Crippen molar-refractivity contribution in [3.05, 3.63) is 36.7 Å². The number of nitrogen functional groups attached to an aromatic ring is 1. The Bertz CT molecular complexity index is 1440. The molecule has 0 saturated carbocycles. The van der Waals surface area contributed by atoms with Crippen LogP contribution in [-0.2, 0) is 23.4 Å². The van der Waals surface area contributed by atoms with Crippen LogP contribution in [0, 0.1) is 0 Å². The van der Waals surface area contributed by atoms with Crippen LogP contribution in [0.3, 0.4) is 0 Å². The SMILES string of the molecule is CCOC(=O)[C@@H](C)N[P@](=O)(OC[C@@]1(F)O[C@@H](n2cnc3c(N(C)C)nc(N)nc32)[C@](C)(F)[C@@H]1O)Oc1ccccc1. The van der Waals surface area contributed by atoms with Crippen molar-refractivity contribution in [1.29, 1.82) is 0 Å². The molecule has 1 aliphatic heterocycles. The highest BCUT2D eigenvalue weighted by Gasteiger charge is 2.65. The van der Waals surface area contributed by atoms with E-state index in [0.29, 0.717) is 5.82 Å². The zero-order valence-corrected chi connectivity index (χ0v) is 23.9. The number of carbonyl (C=O) groups excluding carboxylic acids is 1. The molecule has 2 aromatic heterocycles. The second-order valence-corrected chi connectivity index (χ2v) is 11.4. The van der Waals surface area contributed by atoms with Crippen molar-refractivity contribution in [2.24, 2.45) is 0 Å². The number of imidazole rings is 1. The lowest BCUT2D eigenvalue weighted by molar-refractivity contribution is -0.202. The molecule has 0 spiro atoms. The van der Waals surface area contributed by atoms with Gasteiger partial charge in [-0.3, -0.25) is 13.9 Å². The third kappa shape index (κ3) is 6.11. The Balaban J connectivity index is 1.63. The Labute approximate surface area is 234 Å². The average Bonchev–Trinajstić information content (AvgIpc) is 3.40. The molecule has 0 amide bonds. The first-order valence-electron chi connectivity index (χ1n) is 12.6. The largest absolute Gasteiger partial charge is 0.465 e. The number of halogens is 2. The molecule has 41 heavy (non-hydrogen) atoms. The lowest BCUT2D eigenvalue weighted by atomic mass is 9.97. The van der Waals surface area contributed by atoms with Crippen LogP contribution < -0.4 is 20.2 Å². The minimum Gasteiger partial charge on any atom is -0.465 e. The number of ether oxygens (including phenoxy) is 2. The summed E-state index contributed by atoms with van der Waals surface area (Å²) in [5.74, 6) is -3.79. The van der Waals surface area contributed by atoms with Gasteiger partial charge in [-0.25, -0.2) is 18.3 Å². The fourth-order valence-corrected chi connectivity index (χ4v) is 5.71. The van der Waals surface area contributed by atoms with Gasteiger partial charge in [0.05, 0.1) is 12.9 Å². The lowest BCUT2D eigenvalue weighted by Gasteiger charge is -2.28. The summed E-state index contributed by atoms with van der Waals surface area (Å²) in [5.41, 5.74) is 3.31. The number of carbonyl (C=O) groups is 1. The maximum Gasteiger partial charge on any atom is 0.459 e. The number of nitrogens with zero attached hydrogens (tertiary/aromatic N) is 5. The van der Waals surface area contributed by atoms with E-state index in [1.54, 1.807) is 44.1 Å². The predicted octanol–water partition coefficient (Wildman–Crippen LogP) is 2.50. The van der Waals surface area contributed by atoms with Crippen molar-refractivity contribution in [1.82, 2.24) is 24.6 Å². The zero-order valence-electron chi connectivity index (χ0n) is 23.0. The molecule has 17 heteroatoms. The number of aromatic nitrogens is 4. The molecule has 3 heterocycles. The standard InChI is InChI=1S/C24H32F2N7O7P/c1-6-37-19(34)14(2)31-41(36,40-15-10-8-7-9-11-15)38-12-24(26)20(35)23(3,25)21(39-24)33-13-28-16-17(32(4)5)29-22(27)30-18(16)33/h7-11,13-14,20-21,35H,6,12H2,1-5H3,(H,31,36)(H2,27,29,30)/t14-,20+,21-,23-,24-,41+/m1/s1. The van der Waals surface area contributed by atoms with Gasteiger partial charge < -0.3 is 29.7 Å². The molecule has 1 fully saturated rings. The number of aliphatic hydroxyl groups is 1. The van der Waals surface area contributed by atoms with E-state index in [1.165, 1.54) is 19.1 Å². The third-order valence-corrected chi connectivity index (χ3v) is 7.85. The van der Waals surface area contributed by atoms with Crippen LogP contribution in [0.2, 0.25) is 0 Å². The maximum atomic E-state index is 16.2. The summed E-state index contributed by atoms with van der Waals surface area (Å²) in [6.45, 7) is 2.64. The average molecular weight is 600 g/mol. The molecule has 4 rings (SSSR count). The summed E-state index contributed by atoms with van der Waals surface area (Å²) >= 11 is 0. The Morgan fingerprint density at radius 1 is 1.32 bits per heavy atom. The highest BCUT2D eigenvalue weighted by atomic mass is 31.2. The van der Waals surface area contributed by atoms with E-state index in [0.717, 1.165) is 17.8 Å². The van der Waals surface area contributed by atoms with Gasteiger partial charge in [-0.1, -0.05) is 18.2 Å². The number of nitrogens with one attached hydrogen (secondary N) is 1. The molecule has 6 atom stereocenters. The van der Waals surface area contributed by atoms with Crippen LogP contribution in [0.5, 0.6) is 5.75 Å². The lowest BCUT2D eigenvalue weighted by Crippen LogP contribution is -2.47.